The summed E-state index contributed by atoms with van der Waals surface area (Å²) in [5.41, 5.74) is 4.14. The van der Waals surface area contributed by atoms with E-state index in [1.54, 1.807) is 23.5 Å². The number of rotatable bonds is 4. The molecule has 1 aromatic carbocycles. The highest BCUT2D eigenvalue weighted by molar-refractivity contribution is 7.15. The second kappa shape index (κ2) is 6.87. The fraction of sp³-hybridized carbons (Fsp3) is 0.300. The predicted octanol–water partition coefficient (Wildman–Crippen LogP) is 3.63. The van der Waals surface area contributed by atoms with E-state index in [1.807, 2.05) is 26.0 Å². The Kier molecular flexibility index (Phi) is 4.50. The van der Waals surface area contributed by atoms with Crippen molar-refractivity contribution in [2.45, 2.75) is 33.7 Å². The van der Waals surface area contributed by atoms with Crippen molar-refractivity contribution in [3.8, 4) is 10.8 Å². The molecule has 0 radical (unpaired) electrons. The Morgan fingerprint density at radius 2 is 1.93 bits per heavy atom. The average molecular weight is 396 g/mol. The van der Waals surface area contributed by atoms with Gasteiger partial charge in [0.15, 0.2) is 12.4 Å². The third kappa shape index (κ3) is 2.99. The van der Waals surface area contributed by atoms with Gasteiger partial charge in [-0.1, -0.05) is 0 Å². The topological polar surface area (TPSA) is 89.6 Å². The largest absolute Gasteiger partial charge is 0.482 e. The number of ether oxygens (including phenoxy) is 1. The molecule has 0 spiro atoms. The predicted molar refractivity (Wildman–Crippen MR) is 107 cm³/mol. The molecule has 4 rings (SSSR count). The van der Waals surface area contributed by atoms with E-state index in [4.69, 9.17) is 14.8 Å². The van der Waals surface area contributed by atoms with Crippen LogP contribution in [-0.4, -0.2) is 38.2 Å². The number of benzene rings is 1. The number of aliphatic imine (C=N–C) groups is 1. The molecule has 0 saturated heterocycles. The minimum absolute atomic E-state index is 0.140. The maximum Gasteiger partial charge on any atom is 0.341 e. The number of carbonyl (C=O) groups is 1. The molecule has 0 saturated carbocycles. The van der Waals surface area contributed by atoms with Crippen LogP contribution in [-0.2, 0) is 4.79 Å². The Hall–Kier alpha value is -3.00. The first-order valence-corrected chi connectivity index (χ1v) is 9.74. The van der Waals surface area contributed by atoms with Gasteiger partial charge in [-0.2, -0.15) is 0 Å². The monoisotopic (exact) mass is 396 g/mol. The van der Waals surface area contributed by atoms with Gasteiger partial charge in [0.05, 0.1) is 5.71 Å². The van der Waals surface area contributed by atoms with Gasteiger partial charge in [-0.05, 0) is 57.5 Å². The number of thiophene rings is 1. The summed E-state index contributed by atoms with van der Waals surface area (Å²) in [6.45, 7) is 7.83. The van der Waals surface area contributed by atoms with Crippen molar-refractivity contribution < 1.29 is 14.6 Å². The van der Waals surface area contributed by atoms with Crippen LogP contribution < -0.4 is 4.74 Å². The van der Waals surface area contributed by atoms with Crippen molar-refractivity contribution in [1.82, 2.24) is 14.8 Å². The SMILES string of the molecule is Cc1sc2c(c1C)C(c1ccc(OCC(=O)O)cc1)=N[C@@H](C)c1nnc(C)n1-2. The zero-order valence-electron chi connectivity index (χ0n) is 16.1. The summed E-state index contributed by atoms with van der Waals surface area (Å²) in [6.07, 6.45) is 0. The number of aliphatic carboxylic acids is 1. The first kappa shape index (κ1) is 18.4. The van der Waals surface area contributed by atoms with Crippen LogP contribution in [0.2, 0.25) is 0 Å². The Balaban J connectivity index is 1.83. The van der Waals surface area contributed by atoms with Gasteiger partial charge in [-0.15, -0.1) is 21.5 Å². The summed E-state index contributed by atoms with van der Waals surface area (Å²) in [5.74, 6) is 1.19. The third-order valence-corrected chi connectivity index (χ3v) is 6.04. The Morgan fingerprint density at radius 3 is 2.61 bits per heavy atom. The molecule has 2 aromatic heterocycles. The molecule has 3 heterocycles. The molecule has 1 N–H and O–H groups in total. The summed E-state index contributed by atoms with van der Waals surface area (Å²) >= 11 is 1.72. The van der Waals surface area contributed by atoms with Crippen LogP contribution in [0.5, 0.6) is 5.75 Å². The highest BCUT2D eigenvalue weighted by Crippen LogP contribution is 2.38. The minimum Gasteiger partial charge on any atom is -0.482 e. The van der Waals surface area contributed by atoms with Gasteiger partial charge in [0.1, 0.15) is 22.6 Å². The normalized spacial score (nSPS) is 15.4. The number of carboxylic acids is 1. The molecule has 28 heavy (non-hydrogen) atoms. The summed E-state index contributed by atoms with van der Waals surface area (Å²) in [6, 6.07) is 7.24. The molecule has 7 nitrogen and oxygen atoms in total. The molecule has 1 aliphatic heterocycles. The summed E-state index contributed by atoms with van der Waals surface area (Å²) in [7, 11) is 0. The van der Waals surface area contributed by atoms with E-state index >= 15 is 0 Å². The lowest BCUT2D eigenvalue weighted by atomic mass is 9.99. The van der Waals surface area contributed by atoms with Crippen molar-refractivity contribution in [2.24, 2.45) is 4.99 Å². The summed E-state index contributed by atoms with van der Waals surface area (Å²) in [5, 5.41) is 18.5. The second-order valence-corrected chi connectivity index (χ2v) is 7.97. The molecular formula is C20H20N4O3S. The summed E-state index contributed by atoms with van der Waals surface area (Å²) in [4.78, 5) is 16.9. The lowest BCUT2D eigenvalue weighted by Crippen LogP contribution is -2.10. The van der Waals surface area contributed by atoms with Crippen molar-refractivity contribution in [2.75, 3.05) is 6.61 Å². The van der Waals surface area contributed by atoms with E-state index in [2.05, 4.69) is 28.6 Å². The number of hydrogen-bond acceptors (Lipinski definition) is 6. The van der Waals surface area contributed by atoms with Crippen LogP contribution in [0.1, 0.15) is 46.2 Å². The van der Waals surface area contributed by atoms with Gasteiger partial charge in [-0.3, -0.25) is 9.56 Å². The van der Waals surface area contributed by atoms with E-state index in [9.17, 15) is 4.79 Å². The van der Waals surface area contributed by atoms with Crippen LogP contribution in [0.15, 0.2) is 29.3 Å². The van der Waals surface area contributed by atoms with E-state index in [0.29, 0.717) is 5.75 Å². The maximum absolute atomic E-state index is 10.7. The highest BCUT2D eigenvalue weighted by Gasteiger charge is 2.29. The quantitative estimate of drug-likeness (QED) is 0.727. The number of aryl methyl sites for hydroxylation is 2. The minimum atomic E-state index is -1.00. The molecule has 3 aromatic rings. The lowest BCUT2D eigenvalue weighted by molar-refractivity contribution is -0.139. The second-order valence-electron chi connectivity index (χ2n) is 6.76. The number of nitrogens with zero attached hydrogens (tertiary/aromatic N) is 4. The number of fused-ring (bicyclic) bond motifs is 3. The summed E-state index contributed by atoms with van der Waals surface area (Å²) < 4.78 is 7.35. The maximum atomic E-state index is 10.7. The van der Waals surface area contributed by atoms with Gasteiger partial charge in [0.25, 0.3) is 0 Å². The number of carboxylic acid groups (broad SMARTS) is 1. The zero-order valence-corrected chi connectivity index (χ0v) is 16.9. The molecule has 0 bridgehead atoms. The van der Waals surface area contributed by atoms with Gasteiger partial charge < -0.3 is 9.84 Å². The smallest absolute Gasteiger partial charge is 0.341 e. The van der Waals surface area contributed by atoms with E-state index in [-0.39, 0.29) is 12.6 Å². The number of aromatic nitrogens is 3. The Bertz CT molecular complexity index is 1100. The molecule has 144 valence electrons. The van der Waals surface area contributed by atoms with E-state index in [1.165, 1.54) is 10.4 Å². The molecule has 1 aliphatic rings. The first-order chi connectivity index (χ1) is 13.4. The van der Waals surface area contributed by atoms with Crippen LogP contribution in [0, 0.1) is 20.8 Å². The van der Waals surface area contributed by atoms with Crippen molar-refractivity contribution in [3.63, 3.8) is 0 Å². The van der Waals surface area contributed by atoms with Crippen LogP contribution in [0.4, 0.5) is 0 Å². The molecule has 0 fully saturated rings. The standard InChI is InChI=1S/C20H20N4O3S/c1-10-12(3)28-20-17(10)18(21-11(2)19-23-22-13(4)24(19)20)14-5-7-15(8-6-14)27-9-16(25)26/h5-8,11H,9H2,1-4H3,(H,25,26)/t11-/m0/s1. The van der Waals surface area contributed by atoms with Gasteiger partial charge in [-0.25, -0.2) is 4.79 Å². The van der Waals surface area contributed by atoms with Crippen LogP contribution in [0.3, 0.4) is 0 Å². The van der Waals surface area contributed by atoms with E-state index < -0.39 is 5.97 Å². The van der Waals surface area contributed by atoms with Gasteiger partial charge in [0, 0.05) is 16.0 Å². The van der Waals surface area contributed by atoms with Crippen LogP contribution >= 0.6 is 11.3 Å². The van der Waals surface area contributed by atoms with Gasteiger partial charge in [0.2, 0.25) is 0 Å². The molecular weight excluding hydrogens is 376 g/mol. The lowest BCUT2D eigenvalue weighted by Gasteiger charge is -2.10. The van der Waals surface area contributed by atoms with Crippen LogP contribution in [0.25, 0.3) is 5.00 Å². The first-order valence-electron chi connectivity index (χ1n) is 8.92. The highest BCUT2D eigenvalue weighted by atomic mass is 32.1. The Labute approximate surface area is 166 Å². The average Bonchev–Trinajstić information content (AvgIpc) is 3.14. The fourth-order valence-electron chi connectivity index (χ4n) is 3.33. The molecule has 0 unspecified atom stereocenters. The van der Waals surface area contributed by atoms with Crippen molar-refractivity contribution >= 4 is 23.0 Å². The molecule has 0 aliphatic carbocycles. The van der Waals surface area contributed by atoms with E-state index in [0.717, 1.165) is 33.5 Å². The molecule has 8 heteroatoms. The molecule has 1 atom stereocenters. The van der Waals surface area contributed by atoms with Crippen molar-refractivity contribution in [1.29, 1.82) is 0 Å². The number of hydrogen-bond donors (Lipinski definition) is 1. The fourth-order valence-corrected chi connectivity index (χ4v) is 4.55. The van der Waals surface area contributed by atoms with Gasteiger partial charge >= 0.3 is 5.97 Å². The third-order valence-electron chi connectivity index (χ3n) is 4.84. The molecule has 0 amide bonds. The van der Waals surface area contributed by atoms with Crippen molar-refractivity contribution in [3.05, 3.63) is 57.5 Å². The zero-order chi connectivity index (χ0) is 20.0. The Morgan fingerprint density at radius 1 is 1.21 bits per heavy atom.